The summed E-state index contributed by atoms with van der Waals surface area (Å²) in [6.45, 7) is 7.48. The van der Waals surface area contributed by atoms with Gasteiger partial charge in [0.15, 0.2) is 0 Å². The van der Waals surface area contributed by atoms with Crippen molar-refractivity contribution in [2.75, 3.05) is 19.7 Å². The van der Waals surface area contributed by atoms with E-state index in [0.29, 0.717) is 31.4 Å². The summed E-state index contributed by atoms with van der Waals surface area (Å²) in [6, 6.07) is 2.85. The highest BCUT2D eigenvalue weighted by Crippen LogP contribution is 2.21. The first-order chi connectivity index (χ1) is 10.3. The topological polar surface area (TPSA) is 51.7 Å². The number of hydrogen-bond acceptors (Lipinski definition) is 4. The maximum Gasteiger partial charge on any atom is 0.410 e. The van der Waals surface area contributed by atoms with Gasteiger partial charge in [-0.2, -0.15) is 4.39 Å². The van der Waals surface area contributed by atoms with Crippen LogP contribution in [0.4, 0.5) is 9.18 Å². The lowest BCUT2D eigenvalue weighted by Crippen LogP contribution is -2.42. The molecule has 1 fully saturated rings. The largest absolute Gasteiger partial charge is 0.492 e. The molecule has 1 saturated heterocycles. The molecule has 122 valence electrons. The van der Waals surface area contributed by atoms with Crippen LogP contribution in [0.3, 0.4) is 0 Å². The normalized spacial score (nSPS) is 16.5. The van der Waals surface area contributed by atoms with E-state index in [4.69, 9.17) is 9.47 Å². The summed E-state index contributed by atoms with van der Waals surface area (Å²) >= 11 is 0. The van der Waals surface area contributed by atoms with E-state index in [2.05, 4.69) is 4.98 Å². The summed E-state index contributed by atoms with van der Waals surface area (Å²) in [4.78, 5) is 17.2. The fraction of sp³-hybridized carbons (Fsp3) is 0.625. The molecule has 0 atom stereocenters. The molecular weight excluding hydrogens is 287 g/mol. The summed E-state index contributed by atoms with van der Waals surface area (Å²) in [5.41, 5.74) is -0.466. The molecule has 5 nitrogen and oxygen atoms in total. The zero-order valence-electron chi connectivity index (χ0n) is 13.3. The van der Waals surface area contributed by atoms with Crippen LogP contribution in [0.15, 0.2) is 18.3 Å². The summed E-state index contributed by atoms with van der Waals surface area (Å²) in [5, 5.41) is 0. The van der Waals surface area contributed by atoms with Gasteiger partial charge in [0.1, 0.15) is 11.4 Å². The Bertz CT molecular complexity index is 491. The second-order valence-electron chi connectivity index (χ2n) is 6.54. The van der Waals surface area contributed by atoms with E-state index in [1.165, 1.54) is 12.3 Å². The third-order valence-corrected chi connectivity index (χ3v) is 3.45. The molecule has 0 N–H and O–H groups in total. The number of carbonyl (C=O) groups excluding carboxylic acids is 1. The van der Waals surface area contributed by atoms with Crippen molar-refractivity contribution in [3.8, 4) is 5.75 Å². The van der Waals surface area contributed by atoms with E-state index in [9.17, 15) is 9.18 Å². The number of likely N-dealkylation sites (tertiary alicyclic amines) is 1. The van der Waals surface area contributed by atoms with Gasteiger partial charge >= 0.3 is 6.09 Å². The molecule has 22 heavy (non-hydrogen) atoms. The number of pyridine rings is 1. The lowest BCUT2D eigenvalue weighted by atomic mass is 9.98. The van der Waals surface area contributed by atoms with Crippen LogP contribution >= 0.6 is 0 Å². The van der Waals surface area contributed by atoms with Gasteiger partial charge in [0, 0.05) is 13.1 Å². The van der Waals surface area contributed by atoms with Crippen molar-refractivity contribution in [3.63, 3.8) is 0 Å². The standard InChI is InChI=1S/C16H23FN2O3/c1-16(2,3)22-15(20)19-8-6-12(7-9-19)11-21-13-4-5-14(17)18-10-13/h4-5,10,12H,6-9,11H2,1-3H3. The maximum atomic E-state index is 12.7. The predicted octanol–water partition coefficient (Wildman–Crippen LogP) is 3.25. The van der Waals surface area contributed by atoms with Crippen LogP contribution in [0.5, 0.6) is 5.75 Å². The molecule has 1 aromatic rings. The highest BCUT2D eigenvalue weighted by molar-refractivity contribution is 5.68. The van der Waals surface area contributed by atoms with E-state index < -0.39 is 11.5 Å². The molecule has 0 saturated carbocycles. The van der Waals surface area contributed by atoms with Crippen LogP contribution in [-0.4, -0.2) is 41.3 Å². The van der Waals surface area contributed by atoms with E-state index >= 15 is 0 Å². The highest BCUT2D eigenvalue weighted by Gasteiger charge is 2.27. The summed E-state index contributed by atoms with van der Waals surface area (Å²) in [5.74, 6) is 0.428. The minimum atomic E-state index is -0.516. The molecule has 0 bridgehead atoms. The van der Waals surface area contributed by atoms with Crippen molar-refractivity contribution in [1.82, 2.24) is 9.88 Å². The second kappa shape index (κ2) is 6.94. The number of aromatic nitrogens is 1. The van der Waals surface area contributed by atoms with Crippen molar-refractivity contribution in [2.24, 2.45) is 5.92 Å². The van der Waals surface area contributed by atoms with E-state index in [0.717, 1.165) is 12.8 Å². The zero-order chi connectivity index (χ0) is 16.2. The van der Waals surface area contributed by atoms with E-state index in [1.54, 1.807) is 11.0 Å². The molecular formula is C16H23FN2O3. The van der Waals surface area contributed by atoms with Crippen LogP contribution in [0, 0.1) is 11.9 Å². The molecule has 0 aromatic carbocycles. The SMILES string of the molecule is CC(C)(C)OC(=O)N1CCC(COc2ccc(F)nc2)CC1. The van der Waals surface area contributed by atoms with Gasteiger partial charge in [-0.05, 0) is 51.7 Å². The second-order valence-corrected chi connectivity index (χ2v) is 6.54. The van der Waals surface area contributed by atoms with Gasteiger partial charge in [0.05, 0.1) is 12.8 Å². The van der Waals surface area contributed by atoms with E-state index in [1.807, 2.05) is 20.8 Å². The molecule has 1 aliphatic heterocycles. The van der Waals surface area contributed by atoms with Gasteiger partial charge in [-0.15, -0.1) is 0 Å². The Morgan fingerprint density at radius 3 is 2.59 bits per heavy atom. The van der Waals surface area contributed by atoms with Crippen molar-refractivity contribution in [3.05, 3.63) is 24.3 Å². The van der Waals surface area contributed by atoms with Gasteiger partial charge < -0.3 is 14.4 Å². The number of carbonyl (C=O) groups is 1. The van der Waals surface area contributed by atoms with Gasteiger partial charge in [0.2, 0.25) is 5.95 Å². The minimum absolute atomic E-state index is 0.255. The molecule has 0 unspecified atom stereocenters. The van der Waals surface area contributed by atoms with Crippen molar-refractivity contribution in [1.29, 1.82) is 0 Å². The average molecular weight is 310 g/mol. The Balaban J connectivity index is 1.73. The van der Waals surface area contributed by atoms with Crippen LogP contribution < -0.4 is 4.74 Å². The first-order valence-electron chi connectivity index (χ1n) is 7.56. The number of hydrogen-bond donors (Lipinski definition) is 0. The minimum Gasteiger partial charge on any atom is -0.492 e. The van der Waals surface area contributed by atoms with Gasteiger partial charge in [-0.3, -0.25) is 0 Å². The molecule has 0 radical (unpaired) electrons. The molecule has 1 aromatic heterocycles. The van der Waals surface area contributed by atoms with Gasteiger partial charge in [-0.1, -0.05) is 0 Å². The summed E-state index contributed by atoms with van der Waals surface area (Å²) in [7, 11) is 0. The Kier molecular flexibility index (Phi) is 5.21. The van der Waals surface area contributed by atoms with E-state index in [-0.39, 0.29) is 6.09 Å². The molecule has 2 rings (SSSR count). The number of amides is 1. The van der Waals surface area contributed by atoms with Crippen LogP contribution in [-0.2, 0) is 4.74 Å². The lowest BCUT2D eigenvalue weighted by molar-refractivity contribution is 0.0165. The monoisotopic (exact) mass is 310 g/mol. The lowest BCUT2D eigenvalue weighted by Gasteiger charge is -2.33. The third-order valence-electron chi connectivity index (χ3n) is 3.45. The predicted molar refractivity (Wildman–Crippen MR) is 80.2 cm³/mol. The van der Waals surface area contributed by atoms with Crippen LogP contribution in [0.1, 0.15) is 33.6 Å². The Hall–Kier alpha value is -1.85. The Labute approximate surface area is 130 Å². The molecule has 1 aliphatic rings. The Morgan fingerprint density at radius 2 is 2.05 bits per heavy atom. The zero-order valence-corrected chi connectivity index (χ0v) is 13.3. The molecule has 0 aliphatic carbocycles. The molecule has 6 heteroatoms. The maximum absolute atomic E-state index is 12.7. The van der Waals surface area contributed by atoms with Crippen LogP contribution in [0.2, 0.25) is 0 Å². The molecule has 2 heterocycles. The van der Waals surface area contributed by atoms with Crippen molar-refractivity contribution < 1.29 is 18.7 Å². The number of piperidine rings is 1. The number of rotatable bonds is 3. The fourth-order valence-corrected chi connectivity index (χ4v) is 2.27. The molecule has 1 amide bonds. The van der Waals surface area contributed by atoms with Crippen LogP contribution in [0.25, 0.3) is 0 Å². The van der Waals surface area contributed by atoms with Crippen molar-refractivity contribution >= 4 is 6.09 Å². The Morgan fingerprint density at radius 1 is 1.36 bits per heavy atom. The van der Waals surface area contributed by atoms with Crippen molar-refractivity contribution in [2.45, 2.75) is 39.2 Å². The quantitative estimate of drug-likeness (QED) is 0.804. The number of ether oxygens (including phenoxy) is 2. The first kappa shape index (κ1) is 16.5. The highest BCUT2D eigenvalue weighted by atomic mass is 19.1. The summed E-state index contributed by atoms with van der Waals surface area (Å²) in [6.07, 6.45) is 2.86. The number of nitrogens with zero attached hydrogens (tertiary/aromatic N) is 2. The first-order valence-corrected chi connectivity index (χ1v) is 7.56. The third kappa shape index (κ3) is 5.16. The summed E-state index contributed by atoms with van der Waals surface area (Å²) < 4.78 is 23.7. The van der Waals surface area contributed by atoms with Gasteiger partial charge in [0.25, 0.3) is 0 Å². The average Bonchev–Trinajstić information content (AvgIpc) is 2.45. The molecule has 0 spiro atoms. The fourth-order valence-electron chi connectivity index (χ4n) is 2.27. The smallest absolute Gasteiger partial charge is 0.410 e. The number of halogens is 1. The van der Waals surface area contributed by atoms with Gasteiger partial charge in [-0.25, -0.2) is 9.78 Å².